The molecule has 0 spiro atoms. The Labute approximate surface area is 108 Å². The van der Waals surface area contributed by atoms with E-state index in [2.05, 4.69) is 0 Å². The summed E-state index contributed by atoms with van der Waals surface area (Å²) in [7, 11) is 0. The number of para-hydroxylation sites is 1. The minimum absolute atomic E-state index is 0. The first-order valence-electron chi connectivity index (χ1n) is 5.03. The van der Waals surface area contributed by atoms with Crippen molar-refractivity contribution >= 4 is 22.4 Å². The molecule has 0 aromatic heterocycles. The van der Waals surface area contributed by atoms with Crippen molar-refractivity contribution in [2.75, 3.05) is 0 Å². The molecule has 0 aliphatic carbocycles. The largest absolute Gasteiger partial charge is 0.288 e. The van der Waals surface area contributed by atoms with Gasteiger partial charge in [-0.3, -0.25) is 14.9 Å². The van der Waals surface area contributed by atoms with Gasteiger partial charge in [-0.05, 0) is 17.0 Å². The number of hydrogen-bond donors (Lipinski definition) is 0. The Kier molecular flexibility index (Phi) is 4.50. The first-order valence-corrected chi connectivity index (χ1v) is 5.03. The maximum atomic E-state index is 12.1. The number of ketones is 1. The first kappa shape index (κ1) is 13.8. The van der Waals surface area contributed by atoms with Crippen LogP contribution in [0, 0.1) is 10.1 Å². The lowest BCUT2D eigenvalue weighted by molar-refractivity contribution is -0.385. The number of benzene rings is 2. The third kappa shape index (κ3) is 2.69. The lowest BCUT2D eigenvalue weighted by atomic mass is 10.0. The number of hydrogen-bond acceptors (Lipinski definition) is 3. The fourth-order valence-corrected chi connectivity index (χ4v) is 1.57. The molecular weight excluding hydrogens is 246 g/mol. The summed E-state index contributed by atoms with van der Waals surface area (Å²) in [6.45, 7) is 0. The number of carbonyl (C=O) groups excluding carboxylic acids is 1. The molecule has 0 amide bonds. The maximum Gasteiger partial charge on any atom is 0.280 e. The zero-order valence-electron chi connectivity index (χ0n) is 8.87. The van der Waals surface area contributed by atoms with Gasteiger partial charge >= 0.3 is 0 Å². The molecule has 0 radical (unpaired) electrons. The Bertz CT molecular complexity index is 569. The molecule has 0 heterocycles. The zero-order chi connectivity index (χ0) is 12.3. The van der Waals surface area contributed by atoms with Crippen molar-refractivity contribution in [1.82, 2.24) is 0 Å². The number of carbonyl (C=O) groups is 1. The SMILES string of the molecule is O=C(c1ccccc1)c1ccccc1[N+](=O)[O-].[SiH4]. The molecule has 0 saturated carbocycles. The minimum atomic E-state index is -0.545. The smallest absolute Gasteiger partial charge is 0.280 e. The van der Waals surface area contributed by atoms with E-state index >= 15 is 0 Å². The van der Waals surface area contributed by atoms with E-state index in [9.17, 15) is 14.9 Å². The van der Waals surface area contributed by atoms with E-state index in [-0.39, 0.29) is 28.0 Å². The normalized spacial score (nSPS) is 9.33. The summed E-state index contributed by atoms with van der Waals surface area (Å²) < 4.78 is 0. The molecule has 2 rings (SSSR count). The Balaban J connectivity index is 0.00000162. The molecule has 0 saturated heterocycles. The molecule has 4 nitrogen and oxygen atoms in total. The number of rotatable bonds is 3. The molecule has 5 heteroatoms. The Morgan fingerprint density at radius 3 is 2.11 bits per heavy atom. The van der Waals surface area contributed by atoms with E-state index in [0.29, 0.717) is 5.56 Å². The Hall–Kier alpha value is -2.27. The van der Waals surface area contributed by atoms with Crippen LogP contribution >= 0.6 is 0 Å². The highest BCUT2D eigenvalue weighted by Gasteiger charge is 2.19. The summed E-state index contributed by atoms with van der Waals surface area (Å²) in [5.74, 6) is -0.335. The van der Waals surface area contributed by atoms with Crippen molar-refractivity contribution in [2.45, 2.75) is 0 Å². The second-order valence-corrected chi connectivity index (χ2v) is 3.47. The lowest BCUT2D eigenvalue weighted by Gasteiger charge is -2.01. The van der Waals surface area contributed by atoms with Gasteiger partial charge in [-0.1, -0.05) is 42.5 Å². The molecule has 0 aliphatic heterocycles. The van der Waals surface area contributed by atoms with Crippen LogP contribution in [0.3, 0.4) is 0 Å². The zero-order valence-corrected chi connectivity index (χ0v) is 8.87. The molecule has 0 fully saturated rings. The Morgan fingerprint density at radius 1 is 0.944 bits per heavy atom. The molecule has 0 unspecified atom stereocenters. The summed E-state index contributed by atoms with van der Waals surface area (Å²) in [6, 6.07) is 14.5. The standard InChI is InChI=1S/C13H9NO3.H4Si/c15-13(10-6-2-1-3-7-10)11-8-4-5-9-12(11)14(16)17;/h1-9H;1H4. The van der Waals surface area contributed by atoms with Crippen LogP contribution in [0.5, 0.6) is 0 Å². The topological polar surface area (TPSA) is 60.2 Å². The summed E-state index contributed by atoms with van der Waals surface area (Å²) >= 11 is 0. The van der Waals surface area contributed by atoms with Gasteiger partial charge in [-0.2, -0.15) is 0 Å². The van der Waals surface area contributed by atoms with Crippen molar-refractivity contribution in [3.05, 3.63) is 75.8 Å². The molecule has 0 atom stereocenters. The lowest BCUT2D eigenvalue weighted by Crippen LogP contribution is -2.04. The average Bonchev–Trinajstić information content (AvgIpc) is 2.39. The van der Waals surface area contributed by atoms with E-state index in [0.717, 1.165) is 0 Å². The number of nitrogens with zero attached hydrogens (tertiary/aromatic N) is 1. The van der Waals surface area contributed by atoms with Crippen molar-refractivity contribution in [1.29, 1.82) is 0 Å². The Morgan fingerprint density at radius 2 is 1.50 bits per heavy atom. The van der Waals surface area contributed by atoms with Gasteiger partial charge in [0.2, 0.25) is 0 Å². The van der Waals surface area contributed by atoms with Gasteiger partial charge in [0, 0.05) is 11.6 Å². The summed E-state index contributed by atoms with van der Waals surface area (Å²) in [4.78, 5) is 22.3. The molecule has 0 bridgehead atoms. The van der Waals surface area contributed by atoms with Crippen molar-refractivity contribution in [3.8, 4) is 0 Å². The molecule has 2 aromatic rings. The van der Waals surface area contributed by atoms with Crippen LogP contribution in [0.1, 0.15) is 15.9 Å². The second kappa shape index (κ2) is 5.88. The van der Waals surface area contributed by atoms with Gasteiger partial charge in [-0.25, -0.2) is 0 Å². The molecule has 0 N–H and O–H groups in total. The molecule has 92 valence electrons. The fraction of sp³-hybridized carbons (Fsp3) is 0. The number of nitro benzene ring substituents is 1. The van der Waals surface area contributed by atoms with Gasteiger partial charge in [0.15, 0.2) is 5.78 Å². The highest BCUT2D eigenvalue weighted by Crippen LogP contribution is 2.20. The van der Waals surface area contributed by atoms with Gasteiger partial charge in [0.1, 0.15) is 5.56 Å². The predicted molar refractivity (Wildman–Crippen MR) is 74.3 cm³/mol. The molecule has 18 heavy (non-hydrogen) atoms. The quantitative estimate of drug-likeness (QED) is 0.362. The van der Waals surface area contributed by atoms with Crippen LogP contribution in [0.15, 0.2) is 54.6 Å². The van der Waals surface area contributed by atoms with Crippen LogP contribution in [-0.4, -0.2) is 21.7 Å². The summed E-state index contributed by atoms with van der Waals surface area (Å²) in [5, 5.41) is 10.8. The van der Waals surface area contributed by atoms with Gasteiger partial charge in [-0.15, -0.1) is 0 Å². The molecule has 0 aliphatic rings. The van der Waals surface area contributed by atoms with Crippen LogP contribution < -0.4 is 0 Å². The third-order valence-electron chi connectivity index (χ3n) is 2.38. The highest BCUT2D eigenvalue weighted by molar-refractivity contribution is 6.11. The predicted octanol–water partition coefficient (Wildman–Crippen LogP) is 1.37. The van der Waals surface area contributed by atoms with Gasteiger partial charge in [0.25, 0.3) is 5.69 Å². The van der Waals surface area contributed by atoms with Crippen LogP contribution in [0.2, 0.25) is 0 Å². The van der Waals surface area contributed by atoms with Crippen molar-refractivity contribution < 1.29 is 9.72 Å². The van der Waals surface area contributed by atoms with E-state index in [1.807, 2.05) is 0 Å². The minimum Gasteiger partial charge on any atom is -0.288 e. The van der Waals surface area contributed by atoms with E-state index in [1.54, 1.807) is 42.5 Å². The maximum absolute atomic E-state index is 12.1. The van der Waals surface area contributed by atoms with E-state index < -0.39 is 4.92 Å². The number of nitro groups is 1. The summed E-state index contributed by atoms with van der Waals surface area (Å²) in [5.41, 5.74) is 0.395. The van der Waals surface area contributed by atoms with Crippen molar-refractivity contribution in [3.63, 3.8) is 0 Å². The van der Waals surface area contributed by atoms with E-state index in [1.165, 1.54) is 12.1 Å². The van der Waals surface area contributed by atoms with E-state index in [4.69, 9.17) is 0 Å². The van der Waals surface area contributed by atoms with Gasteiger partial charge < -0.3 is 0 Å². The van der Waals surface area contributed by atoms with Crippen LogP contribution in [0.25, 0.3) is 0 Å². The summed E-state index contributed by atoms with van der Waals surface area (Å²) in [6.07, 6.45) is 0. The first-order chi connectivity index (χ1) is 8.20. The monoisotopic (exact) mass is 259 g/mol. The molecular formula is C13H13NO3Si. The average molecular weight is 259 g/mol. The van der Waals surface area contributed by atoms with Crippen molar-refractivity contribution in [2.24, 2.45) is 0 Å². The highest BCUT2D eigenvalue weighted by atomic mass is 28.1. The second-order valence-electron chi connectivity index (χ2n) is 3.47. The third-order valence-corrected chi connectivity index (χ3v) is 2.38. The van der Waals surface area contributed by atoms with Crippen LogP contribution in [-0.2, 0) is 0 Å². The van der Waals surface area contributed by atoms with Gasteiger partial charge in [0.05, 0.1) is 4.92 Å². The molecule has 2 aromatic carbocycles. The fourth-order valence-electron chi connectivity index (χ4n) is 1.57. The van der Waals surface area contributed by atoms with Crippen LogP contribution in [0.4, 0.5) is 5.69 Å².